The van der Waals surface area contributed by atoms with Crippen LogP contribution in [0.2, 0.25) is 5.28 Å². The Balaban J connectivity index is 2.30. The molecule has 0 spiro atoms. The van der Waals surface area contributed by atoms with Crippen LogP contribution in [0.3, 0.4) is 0 Å². The van der Waals surface area contributed by atoms with Crippen molar-refractivity contribution in [1.82, 2.24) is 15.0 Å². The molecule has 4 nitrogen and oxygen atoms in total. The van der Waals surface area contributed by atoms with Gasteiger partial charge < -0.3 is 5.32 Å². The van der Waals surface area contributed by atoms with Crippen molar-refractivity contribution in [3.8, 4) is 11.4 Å². The van der Waals surface area contributed by atoms with Gasteiger partial charge in [0.2, 0.25) is 11.2 Å². The van der Waals surface area contributed by atoms with Crippen molar-refractivity contribution < 1.29 is 0 Å². The molecule has 2 rings (SSSR count). The van der Waals surface area contributed by atoms with Gasteiger partial charge in [-0.15, -0.1) is 0 Å². The molecule has 1 atom stereocenters. The van der Waals surface area contributed by atoms with Crippen LogP contribution in [-0.2, 0) is 0 Å². The minimum absolute atomic E-state index is 0.103. The molecule has 1 aromatic carbocycles. The van der Waals surface area contributed by atoms with Crippen LogP contribution in [0.1, 0.15) is 27.7 Å². The fourth-order valence-electron chi connectivity index (χ4n) is 1.54. The summed E-state index contributed by atoms with van der Waals surface area (Å²) in [6.45, 7) is 8.57. The summed E-state index contributed by atoms with van der Waals surface area (Å²) in [7, 11) is 0. The van der Waals surface area contributed by atoms with Crippen molar-refractivity contribution >= 4 is 17.5 Å². The third kappa shape index (κ3) is 3.67. The molecule has 0 fully saturated rings. The predicted octanol–water partition coefficient (Wildman–Crippen LogP) is 4.04. The summed E-state index contributed by atoms with van der Waals surface area (Å²) in [5.41, 5.74) is 1.02. The lowest BCUT2D eigenvalue weighted by Crippen LogP contribution is -2.31. The molecule has 106 valence electrons. The van der Waals surface area contributed by atoms with Gasteiger partial charge in [0.05, 0.1) is 0 Å². The molecule has 0 radical (unpaired) electrons. The van der Waals surface area contributed by atoms with Gasteiger partial charge in [-0.3, -0.25) is 0 Å². The van der Waals surface area contributed by atoms with Crippen molar-refractivity contribution in [1.29, 1.82) is 0 Å². The minimum atomic E-state index is 0.103. The van der Waals surface area contributed by atoms with Gasteiger partial charge in [-0.05, 0) is 23.9 Å². The molecule has 0 bridgehead atoms. The normalized spacial score (nSPS) is 13.1. The molecule has 1 unspecified atom stereocenters. The van der Waals surface area contributed by atoms with Crippen molar-refractivity contribution in [2.75, 3.05) is 5.32 Å². The second-order valence-electron chi connectivity index (χ2n) is 5.85. The number of benzene rings is 1. The Morgan fingerprint density at radius 3 is 2.30 bits per heavy atom. The van der Waals surface area contributed by atoms with Gasteiger partial charge in [-0.25, -0.2) is 0 Å². The number of hydrogen-bond acceptors (Lipinski definition) is 4. The van der Waals surface area contributed by atoms with Crippen LogP contribution >= 0.6 is 11.6 Å². The first kappa shape index (κ1) is 14.7. The maximum absolute atomic E-state index is 6.00. The quantitative estimate of drug-likeness (QED) is 0.927. The van der Waals surface area contributed by atoms with E-state index in [1.165, 1.54) is 0 Å². The lowest BCUT2D eigenvalue weighted by atomic mass is 9.88. The van der Waals surface area contributed by atoms with Gasteiger partial charge in [0.25, 0.3) is 0 Å². The highest BCUT2D eigenvalue weighted by Gasteiger charge is 2.21. The fraction of sp³-hybridized carbons (Fsp3) is 0.400. The number of halogens is 1. The first-order valence-corrected chi connectivity index (χ1v) is 6.97. The van der Waals surface area contributed by atoms with E-state index in [1.807, 2.05) is 30.3 Å². The molecule has 0 aliphatic rings. The summed E-state index contributed by atoms with van der Waals surface area (Å²) in [4.78, 5) is 12.8. The van der Waals surface area contributed by atoms with Crippen LogP contribution < -0.4 is 5.32 Å². The van der Waals surface area contributed by atoms with E-state index in [0.717, 1.165) is 5.56 Å². The van der Waals surface area contributed by atoms with Crippen LogP contribution in [-0.4, -0.2) is 21.0 Å². The van der Waals surface area contributed by atoms with E-state index in [-0.39, 0.29) is 16.7 Å². The summed E-state index contributed by atoms with van der Waals surface area (Å²) >= 11 is 6.00. The summed E-state index contributed by atoms with van der Waals surface area (Å²) < 4.78 is 0. The van der Waals surface area contributed by atoms with Crippen molar-refractivity contribution in [3.05, 3.63) is 35.6 Å². The van der Waals surface area contributed by atoms with Gasteiger partial charge in [0, 0.05) is 11.6 Å². The number of nitrogens with one attached hydrogen (secondary N) is 1. The first-order chi connectivity index (χ1) is 9.36. The Kier molecular flexibility index (Phi) is 4.23. The van der Waals surface area contributed by atoms with E-state index in [0.29, 0.717) is 11.8 Å². The van der Waals surface area contributed by atoms with Crippen LogP contribution in [0.25, 0.3) is 11.4 Å². The zero-order valence-electron chi connectivity index (χ0n) is 12.2. The second kappa shape index (κ2) is 5.75. The monoisotopic (exact) mass is 290 g/mol. The van der Waals surface area contributed by atoms with Gasteiger partial charge in [0.15, 0.2) is 5.82 Å². The highest BCUT2D eigenvalue weighted by Crippen LogP contribution is 2.23. The zero-order chi connectivity index (χ0) is 14.8. The molecule has 5 heteroatoms. The first-order valence-electron chi connectivity index (χ1n) is 6.60. The largest absolute Gasteiger partial charge is 0.351 e. The number of rotatable bonds is 3. The SMILES string of the molecule is CC(Nc1nc(Cl)nc(-c2ccccc2)n1)C(C)(C)C. The maximum Gasteiger partial charge on any atom is 0.227 e. The third-order valence-corrected chi connectivity index (χ3v) is 3.45. The molecule has 0 saturated heterocycles. The van der Waals surface area contributed by atoms with E-state index in [2.05, 4.69) is 48.0 Å². The van der Waals surface area contributed by atoms with E-state index in [4.69, 9.17) is 11.6 Å². The molecular formula is C15H19ClN4. The van der Waals surface area contributed by atoms with Crippen molar-refractivity contribution in [2.45, 2.75) is 33.7 Å². The molecule has 0 aliphatic carbocycles. The number of aromatic nitrogens is 3. The molecule has 20 heavy (non-hydrogen) atoms. The van der Waals surface area contributed by atoms with Crippen LogP contribution in [0.5, 0.6) is 0 Å². The molecule has 2 aromatic rings. The molecule has 0 saturated carbocycles. The standard InChI is InChI=1S/C15H19ClN4/c1-10(15(2,3)4)17-14-19-12(18-13(16)20-14)11-8-6-5-7-9-11/h5-10H,1-4H3,(H,17,18,19,20). The van der Waals surface area contributed by atoms with Gasteiger partial charge in [-0.2, -0.15) is 15.0 Å². The lowest BCUT2D eigenvalue weighted by Gasteiger charge is -2.28. The minimum Gasteiger partial charge on any atom is -0.351 e. The van der Waals surface area contributed by atoms with Crippen LogP contribution in [0.15, 0.2) is 30.3 Å². The molecule has 1 aromatic heterocycles. The maximum atomic E-state index is 6.00. The third-order valence-electron chi connectivity index (χ3n) is 3.28. The van der Waals surface area contributed by atoms with E-state index >= 15 is 0 Å². The highest BCUT2D eigenvalue weighted by molar-refractivity contribution is 6.28. The average molecular weight is 291 g/mol. The average Bonchev–Trinajstić information content (AvgIpc) is 2.38. The number of anilines is 1. The Morgan fingerprint density at radius 2 is 1.70 bits per heavy atom. The van der Waals surface area contributed by atoms with Crippen LogP contribution in [0.4, 0.5) is 5.95 Å². The van der Waals surface area contributed by atoms with Gasteiger partial charge >= 0.3 is 0 Å². The number of hydrogen-bond donors (Lipinski definition) is 1. The van der Waals surface area contributed by atoms with E-state index in [1.54, 1.807) is 0 Å². The van der Waals surface area contributed by atoms with Gasteiger partial charge in [-0.1, -0.05) is 51.1 Å². The molecule has 0 aliphatic heterocycles. The smallest absolute Gasteiger partial charge is 0.227 e. The summed E-state index contributed by atoms with van der Waals surface area (Å²) in [5.74, 6) is 1.08. The molecule has 1 N–H and O–H groups in total. The fourth-order valence-corrected chi connectivity index (χ4v) is 1.70. The summed E-state index contributed by atoms with van der Waals surface area (Å²) in [5, 5.41) is 3.48. The van der Waals surface area contributed by atoms with E-state index < -0.39 is 0 Å². The molecule has 0 amide bonds. The Morgan fingerprint density at radius 1 is 1.05 bits per heavy atom. The number of nitrogens with zero attached hydrogens (tertiary/aromatic N) is 3. The second-order valence-corrected chi connectivity index (χ2v) is 6.19. The Labute approximate surface area is 124 Å². The zero-order valence-corrected chi connectivity index (χ0v) is 12.9. The molecular weight excluding hydrogens is 272 g/mol. The van der Waals surface area contributed by atoms with Gasteiger partial charge in [0.1, 0.15) is 0 Å². The predicted molar refractivity (Wildman–Crippen MR) is 82.8 cm³/mol. The topological polar surface area (TPSA) is 50.7 Å². The van der Waals surface area contributed by atoms with Crippen molar-refractivity contribution in [2.24, 2.45) is 5.41 Å². The Hall–Kier alpha value is -1.68. The lowest BCUT2D eigenvalue weighted by molar-refractivity contribution is 0.358. The Bertz CT molecular complexity index is 578. The van der Waals surface area contributed by atoms with Crippen molar-refractivity contribution in [3.63, 3.8) is 0 Å². The van der Waals surface area contributed by atoms with Crippen LogP contribution in [0, 0.1) is 5.41 Å². The molecule has 1 heterocycles. The summed E-state index contributed by atoms with van der Waals surface area (Å²) in [6.07, 6.45) is 0. The van der Waals surface area contributed by atoms with E-state index in [9.17, 15) is 0 Å². The highest BCUT2D eigenvalue weighted by atomic mass is 35.5. The summed E-state index contributed by atoms with van der Waals surface area (Å²) in [6, 6.07) is 9.94.